The van der Waals surface area contributed by atoms with E-state index in [0.29, 0.717) is 30.6 Å². The van der Waals surface area contributed by atoms with Crippen molar-refractivity contribution in [1.82, 2.24) is 15.5 Å². The highest BCUT2D eigenvalue weighted by atomic mass is 35.5. The number of amides is 1. The molecule has 2 heterocycles. The number of halogens is 2. The summed E-state index contributed by atoms with van der Waals surface area (Å²) in [5.41, 5.74) is 2.70. The van der Waals surface area contributed by atoms with Crippen LogP contribution in [0, 0.1) is 11.8 Å². The first-order chi connectivity index (χ1) is 17.0. The van der Waals surface area contributed by atoms with Crippen molar-refractivity contribution in [2.24, 2.45) is 11.8 Å². The second kappa shape index (κ2) is 12.9. The fourth-order valence-electron chi connectivity index (χ4n) is 5.87. The Morgan fingerprint density at radius 2 is 1.84 bits per heavy atom. The maximum absolute atomic E-state index is 13.6. The van der Waals surface area contributed by atoms with E-state index in [2.05, 4.69) is 49.3 Å². The third kappa shape index (κ3) is 6.77. The van der Waals surface area contributed by atoms with E-state index in [0.717, 1.165) is 43.6 Å². The van der Waals surface area contributed by atoms with Gasteiger partial charge in [-0.2, -0.15) is 0 Å². The summed E-state index contributed by atoms with van der Waals surface area (Å²) >= 11 is 0. The number of fused-ring (bicyclic) bond motifs is 1. The molecule has 2 aliphatic heterocycles. The number of piperidine rings is 1. The minimum Gasteiger partial charge on any atom is -0.508 e. The van der Waals surface area contributed by atoms with Gasteiger partial charge in [0, 0.05) is 25.7 Å². The quantitative estimate of drug-likeness (QED) is 0.372. The number of nitrogens with one attached hydrogen (secondary N) is 2. The summed E-state index contributed by atoms with van der Waals surface area (Å²) in [5.74, 6) is 1.41. The molecule has 0 spiro atoms. The molecule has 1 fully saturated rings. The molecule has 1 saturated heterocycles. The Hall–Kier alpha value is -1.99. The monoisotopic (exact) mass is 565 g/mol. The van der Waals surface area contributed by atoms with Crippen molar-refractivity contribution in [2.45, 2.75) is 77.4 Å². The molecule has 0 aromatic heterocycles. The highest BCUT2D eigenvalue weighted by Crippen LogP contribution is 2.40. The molecule has 0 unspecified atom stereocenters. The van der Waals surface area contributed by atoms with Crippen molar-refractivity contribution < 1.29 is 15.0 Å². The highest BCUT2D eigenvalue weighted by Gasteiger charge is 2.41. The Labute approximate surface area is 240 Å². The van der Waals surface area contributed by atoms with Crippen LogP contribution in [-0.4, -0.2) is 52.2 Å². The smallest absolute Gasteiger partial charge is 0.240 e. The number of likely N-dealkylation sites (tertiary alicyclic amines) is 1. The summed E-state index contributed by atoms with van der Waals surface area (Å²) in [6, 6.07) is 13.2. The van der Waals surface area contributed by atoms with Gasteiger partial charge in [0.1, 0.15) is 11.5 Å². The predicted octanol–water partition coefficient (Wildman–Crippen LogP) is 5.18. The Kier molecular flexibility index (Phi) is 10.9. The molecule has 212 valence electrons. The number of hydrogen-bond donors (Lipinski definition) is 4. The Morgan fingerprint density at radius 1 is 1.13 bits per heavy atom. The zero-order valence-corrected chi connectivity index (χ0v) is 24.9. The van der Waals surface area contributed by atoms with Gasteiger partial charge in [-0.05, 0) is 84.5 Å². The summed E-state index contributed by atoms with van der Waals surface area (Å²) in [6.45, 7) is 14.3. The molecule has 2 aromatic carbocycles. The van der Waals surface area contributed by atoms with E-state index in [-0.39, 0.29) is 47.9 Å². The molecular formula is C30H45Cl2N3O3. The Morgan fingerprint density at radius 3 is 2.50 bits per heavy atom. The Bertz CT molecular complexity index is 1100. The van der Waals surface area contributed by atoms with E-state index >= 15 is 0 Å². The van der Waals surface area contributed by atoms with Gasteiger partial charge in [-0.3, -0.25) is 10.1 Å². The van der Waals surface area contributed by atoms with Gasteiger partial charge in [0.05, 0.1) is 5.54 Å². The fraction of sp³-hybridized carbons (Fsp3) is 0.567. The van der Waals surface area contributed by atoms with Gasteiger partial charge in [0.2, 0.25) is 5.91 Å². The lowest BCUT2D eigenvalue weighted by Gasteiger charge is -2.46. The minimum absolute atomic E-state index is 0. The molecule has 1 amide bonds. The van der Waals surface area contributed by atoms with Crippen LogP contribution in [0.25, 0.3) is 0 Å². The second-order valence-electron chi connectivity index (χ2n) is 11.7. The molecule has 2 aromatic rings. The van der Waals surface area contributed by atoms with Gasteiger partial charge in [0.25, 0.3) is 0 Å². The van der Waals surface area contributed by atoms with Crippen molar-refractivity contribution in [3.63, 3.8) is 0 Å². The number of hydrogen-bond acceptors (Lipinski definition) is 5. The van der Waals surface area contributed by atoms with E-state index in [1.54, 1.807) is 18.2 Å². The molecule has 4 rings (SSSR count). The van der Waals surface area contributed by atoms with Crippen LogP contribution >= 0.6 is 24.8 Å². The number of aromatic hydroxyl groups is 2. The van der Waals surface area contributed by atoms with E-state index in [1.165, 1.54) is 5.56 Å². The second-order valence-corrected chi connectivity index (χ2v) is 11.7. The van der Waals surface area contributed by atoms with Gasteiger partial charge < -0.3 is 20.4 Å². The topological polar surface area (TPSA) is 84.8 Å². The molecule has 0 radical (unpaired) electrons. The summed E-state index contributed by atoms with van der Waals surface area (Å²) < 4.78 is 0. The average Bonchev–Trinajstić information content (AvgIpc) is 2.85. The molecule has 5 atom stereocenters. The van der Waals surface area contributed by atoms with E-state index < -0.39 is 5.54 Å². The summed E-state index contributed by atoms with van der Waals surface area (Å²) in [5, 5.41) is 26.7. The normalized spacial score (nSPS) is 26.7. The standard InChI is InChI=1S/C30H43N3O3.2ClH/c1-6-20(2)27(32-28(36)30(5)16-22-10-11-26(35)14-23(22)17-31-30)19-33-13-12-29(4,21(3)18-33)24-8-7-9-25(34)15-24;;/h7-11,14-15,20-21,27,31,34-35H,6,12-13,16-19H2,1-5H3,(H,32,36);2*1H/t20-,21-,27+,29+,30+;;/m0../s1. The third-order valence-electron chi connectivity index (χ3n) is 9.08. The number of nitrogens with zero attached hydrogens (tertiary/aromatic N) is 1. The maximum atomic E-state index is 13.6. The number of phenols is 2. The van der Waals surface area contributed by atoms with Crippen LogP contribution < -0.4 is 10.6 Å². The molecule has 0 saturated carbocycles. The van der Waals surface area contributed by atoms with Crippen LogP contribution in [-0.2, 0) is 23.2 Å². The average molecular weight is 567 g/mol. The largest absolute Gasteiger partial charge is 0.508 e. The number of phenolic OH excluding ortho intramolecular Hbond substituents is 2. The van der Waals surface area contributed by atoms with Gasteiger partial charge >= 0.3 is 0 Å². The van der Waals surface area contributed by atoms with Crippen LogP contribution in [0.3, 0.4) is 0 Å². The van der Waals surface area contributed by atoms with Crippen molar-refractivity contribution in [3.05, 3.63) is 59.2 Å². The molecule has 0 aliphatic carbocycles. The molecular weight excluding hydrogens is 521 g/mol. The van der Waals surface area contributed by atoms with Crippen LogP contribution in [0.15, 0.2) is 42.5 Å². The first kappa shape index (κ1) is 32.2. The first-order valence-electron chi connectivity index (χ1n) is 13.4. The van der Waals surface area contributed by atoms with Crippen molar-refractivity contribution in [3.8, 4) is 11.5 Å². The lowest BCUT2D eigenvalue weighted by Crippen LogP contribution is -2.62. The van der Waals surface area contributed by atoms with Crippen molar-refractivity contribution in [1.29, 1.82) is 0 Å². The number of rotatable bonds is 7. The van der Waals surface area contributed by atoms with Crippen LogP contribution in [0.1, 0.15) is 64.2 Å². The SMILES string of the molecule is CC[C@H](C)[C@@H](CN1CC[C@@](C)(c2cccc(O)c2)[C@@H](C)C1)NC(=O)[C@@]1(C)Cc2ccc(O)cc2CN1.Cl.Cl. The van der Waals surface area contributed by atoms with Crippen LogP contribution in [0.2, 0.25) is 0 Å². The van der Waals surface area contributed by atoms with Crippen LogP contribution in [0.5, 0.6) is 11.5 Å². The van der Waals surface area contributed by atoms with E-state index in [4.69, 9.17) is 0 Å². The van der Waals surface area contributed by atoms with Gasteiger partial charge in [-0.25, -0.2) is 0 Å². The summed E-state index contributed by atoms with van der Waals surface area (Å²) in [4.78, 5) is 16.1. The Balaban J connectivity index is 0.00000253. The predicted molar refractivity (Wildman–Crippen MR) is 159 cm³/mol. The minimum atomic E-state index is -0.682. The molecule has 0 bridgehead atoms. The van der Waals surface area contributed by atoms with Gasteiger partial charge in [-0.1, -0.05) is 52.3 Å². The van der Waals surface area contributed by atoms with E-state index in [9.17, 15) is 15.0 Å². The van der Waals surface area contributed by atoms with Crippen molar-refractivity contribution >= 4 is 30.7 Å². The fourth-order valence-corrected chi connectivity index (χ4v) is 5.87. The van der Waals surface area contributed by atoms with E-state index in [1.807, 2.05) is 25.1 Å². The number of carbonyl (C=O) groups is 1. The zero-order valence-electron chi connectivity index (χ0n) is 23.3. The van der Waals surface area contributed by atoms with Gasteiger partial charge in [-0.15, -0.1) is 24.8 Å². The maximum Gasteiger partial charge on any atom is 0.240 e. The first-order valence-corrected chi connectivity index (χ1v) is 13.4. The molecule has 38 heavy (non-hydrogen) atoms. The number of benzene rings is 2. The van der Waals surface area contributed by atoms with Gasteiger partial charge in [0.15, 0.2) is 0 Å². The summed E-state index contributed by atoms with van der Waals surface area (Å²) in [6.07, 6.45) is 2.62. The molecule has 4 N–H and O–H groups in total. The number of carbonyl (C=O) groups excluding carboxylic acids is 1. The van der Waals surface area contributed by atoms with Crippen LogP contribution in [0.4, 0.5) is 0 Å². The summed E-state index contributed by atoms with van der Waals surface area (Å²) in [7, 11) is 0. The lowest BCUT2D eigenvalue weighted by atomic mass is 9.68. The highest BCUT2D eigenvalue weighted by molar-refractivity contribution is 5.87. The molecule has 2 aliphatic rings. The lowest BCUT2D eigenvalue weighted by molar-refractivity contribution is -0.128. The molecule has 8 heteroatoms. The third-order valence-corrected chi connectivity index (χ3v) is 9.08. The van der Waals surface area contributed by atoms with Crippen molar-refractivity contribution in [2.75, 3.05) is 19.6 Å². The zero-order chi connectivity index (χ0) is 26.1. The molecule has 6 nitrogen and oxygen atoms in total.